The highest BCUT2D eigenvalue weighted by Gasteiger charge is 2.32. The van der Waals surface area contributed by atoms with Gasteiger partial charge in [0.05, 0.1) is 0 Å². The molecule has 1 aliphatic rings. The average Bonchev–Trinajstić information content (AvgIpc) is 3.05. The summed E-state index contributed by atoms with van der Waals surface area (Å²) in [6, 6.07) is 3.53. The van der Waals surface area contributed by atoms with Crippen molar-refractivity contribution in [3.8, 4) is 0 Å². The van der Waals surface area contributed by atoms with Gasteiger partial charge in [-0.05, 0) is 30.9 Å². The summed E-state index contributed by atoms with van der Waals surface area (Å²) in [6.07, 6.45) is 3.77. The van der Waals surface area contributed by atoms with Crippen LogP contribution in [0.4, 0.5) is 0 Å². The fraction of sp³-hybridized carbons (Fsp3) is 0.571. The van der Waals surface area contributed by atoms with Crippen LogP contribution in [0.2, 0.25) is 0 Å². The molecule has 0 unspecified atom stereocenters. The van der Waals surface area contributed by atoms with E-state index in [9.17, 15) is 9.59 Å². The third kappa shape index (κ3) is 3.36. The lowest BCUT2D eigenvalue weighted by Crippen LogP contribution is -2.38. The molecule has 0 aromatic carbocycles. The van der Waals surface area contributed by atoms with Crippen LogP contribution in [0.3, 0.4) is 0 Å². The van der Waals surface area contributed by atoms with E-state index in [1.54, 1.807) is 12.3 Å². The second-order valence-electron chi connectivity index (χ2n) is 5.50. The number of aromatic carboxylic acids is 1. The topological polar surface area (TPSA) is 62.5 Å². The third-order valence-corrected chi connectivity index (χ3v) is 3.22. The van der Waals surface area contributed by atoms with Crippen LogP contribution in [0.5, 0.6) is 0 Å². The highest BCUT2D eigenvalue weighted by molar-refractivity contribution is 5.87. The molecular weight excluding hydrogens is 244 g/mol. The highest BCUT2D eigenvalue weighted by Crippen LogP contribution is 2.28. The van der Waals surface area contributed by atoms with E-state index in [2.05, 4.69) is 13.8 Å². The first kappa shape index (κ1) is 13.6. The van der Waals surface area contributed by atoms with E-state index in [1.807, 2.05) is 4.90 Å². The largest absolute Gasteiger partial charge is 0.477 e. The lowest BCUT2D eigenvalue weighted by Gasteiger charge is -2.25. The van der Waals surface area contributed by atoms with Crippen LogP contribution in [0.25, 0.3) is 0 Å². The molecule has 1 saturated carbocycles. The Morgan fingerprint density at radius 1 is 1.47 bits per heavy atom. The maximum absolute atomic E-state index is 12.3. The third-order valence-electron chi connectivity index (χ3n) is 3.22. The minimum absolute atomic E-state index is 0.00917. The van der Waals surface area contributed by atoms with Gasteiger partial charge in [0.25, 0.3) is 0 Å². The molecule has 1 heterocycles. The van der Waals surface area contributed by atoms with Crippen LogP contribution in [0.1, 0.15) is 37.2 Å². The van der Waals surface area contributed by atoms with E-state index in [-0.39, 0.29) is 18.1 Å². The van der Waals surface area contributed by atoms with Crippen molar-refractivity contribution in [3.63, 3.8) is 0 Å². The number of hydrogen-bond donors (Lipinski definition) is 1. The first-order valence-corrected chi connectivity index (χ1v) is 6.67. The molecule has 0 radical (unpaired) electrons. The molecule has 0 aliphatic heterocycles. The predicted molar refractivity (Wildman–Crippen MR) is 71.0 cm³/mol. The normalized spacial score (nSPS) is 14.7. The molecule has 19 heavy (non-hydrogen) atoms. The molecule has 1 aromatic rings. The van der Waals surface area contributed by atoms with Gasteiger partial charge in [-0.1, -0.05) is 13.8 Å². The Balaban J connectivity index is 2.06. The summed E-state index contributed by atoms with van der Waals surface area (Å²) in [5, 5.41) is 9.03. The molecule has 1 N–H and O–H groups in total. The van der Waals surface area contributed by atoms with E-state index < -0.39 is 5.97 Å². The van der Waals surface area contributed by atoms with Crippen molar-refractivity contribution < 1.29 is 14.7 Å². The molecule has 104 valence electrons. The number of amides is 1. The molecule has 0 bridgehead atoms. The maximum Gasteiger partial charge on any atom is 0.352 e. The summed E-state index contributed by atoms with van der Waals surface area (Å²) >= 11 is 0. The molecule has 0 saturated heterocycles. The zero-order chi connectivity index (χ0) is 14.0. The Morgan fingerprint density at radius 2 is 2.16 bits per heavy atom. The van der Waals surface area contributed by atoms with E-state index >= 15 is 0 Å². The number of aromatic nitrogens is 1. The fourth-order valence-electron chi connectivity index (χ4n) is 2.22. The van der Waals surface area contributed by atoms with Gasteiger partial charge in [0.1, 0.15) is 12.2 Å². The lowest BCUT2D eigenvalue weighted by molar-refractivity contribution is -0.133. The van der Waals surface area contributed by atoms with Gasteiger partial charge in [-0.25, -0.2) is 4.79 Å². The van der Waals surface area contributed by atoms with E-state index in [0.29, 0.717) is 12.0 Å². The number of carbonyl (C=O) groups excluding carboxylic acids is 1. The van der Waals surface area contributed by atoms with Crippen molar-refractivity contribution in [2.24, 2.45) is 5.92 Å². The monoisotopic (exact) mass is 264 g/mol. The number of carboxylic acid groups (broad SMARTS) is 1. The fourth-order valence-corrected chi connectivity index (χ4v) is 2.22. The quantitative estimate of drug-likeness (QED) is 0.852. The first-order chi connectivity index (χ1) is 8.99. The summed E-state index contributed by atoms with van der Waals surface area (Å²) < 4.78 is 1.50. The summed E-state index contributed by atoms with van der Waals surface area (Å²) in [7, 11) is 0. The van der Waals surface area contributed by atoms with Crippen molar-refractivity contribution in [3.05, 3.63) is 24.0 Å². The second kappa shape index (κ2) is 5.47. The zero-order valence-corrected chi connectivity index (χ0v) is 11.4. The summed E-state index contributed by atoms with van der Waals surface area (Å²) in [6.45, 7) is 5.02. The number of rotatable bonds is 6. The summed E-state index contributed by atoms with van der Waals surface area (Å²) in [4.78, 5) is 25.2. The molecular formula is C14H20N2O3. The number of hydrogen-bond acceptors (Lipinski definition) is 2. The van der Waals surface area contributed by atoms with Crippen molar-refractivity contribution in [2.45, 2.75) is 39.3 Å². The number of nitrogens with zero attached hydrogens (tertiary/aromatic N) is 2. The Bertz CT molecular complexity index is 475. The molecule has 2 rings (SSSR count). The number of carbonyl (C=O) groups is 2. The van der Waals surface area contributed by atoms with Gasteiger partial charge in [-0.2, -0.15) is 0 Å². The van der Waals surface area contributed by atoms with Gasteiger partial charge in [-0.15, -0.1) is 0 Å². The SMILES string of the molecule is CC(C)CN(C(=O)Cn1cccc1C(=O)O)C1CC1. The molecule has 1 fully saturated rings. The smallest absolute Gasteiger partial charge is 0.352 e. The maximum atomic E-state index is 12.3. The molecule has 5 nitrogen and oxygen atoms in total. The van der Waals surface area contributed by atoms with Gasteiger partial charge in [-0.3, -0.25) is 4.79 Å². The van der Waals surface area contributed by atoms with E-state index in [1.165, 1.54) is 10.6 Å². The number of carboxylic acids is 1. The van der Waals surface area contributed by atoms with Gasteiger partial charge in [0.15, 0.2) is 0 Å². The van der Waals surface area contributed by atoms with Crippen molar-refractivity contribution in [2.75, 3.05) is 6.54 Å². The van der Waals surface area contributed by atoms with Gasteiger partial charge < -0.3 is 14.6 Å². The van der Waals surface area contributed by atoms with Gasteiger partial charge >= 0.3 is 5.97 Å². The van der Waals surface area contributed by atoms with Gasteiger partial charge in [0, 0.05) is 18.8 Å². The Kier molecular flexibility index (Phi) is 3.93. The minimum atomic E-state index is -1.00. The molecule has 0 spiro atoms. The minimum Gasteiger partial charge on any atom is -0.477 e. The average molecular weight is 264 g/mol. The van der Waals surface area contributed by atoms with Crippen LogP contribution >= 0.6 is 0 Å². The van der Waals surface area contributed by atoms with Crippen molar-refractivity contribution in [1.29, 1.82) is 0 Å². The van der Waals surface area contributed by atoms with Gasteiger partial charge in [0.2, 0.25) is 5.91 Å². The van der Waals surface area contributed by atoms with Crippen LogP contribution in [0, 0.1) is 5.92 Å². The molecule has 0 atom stereocenters. The predicted octanol–water partition coefficient (Wildman–Crippen LogP) is 1.83. The summed E-state index contributed by atoms with van der Waals surface area (Å²) in [5.41, 5.74) is 0.161. The van der Waals surface area contributed by atoms with Crippen LogP contribution < -0.4 is 0 Å². The van der Waals surface area contributed by atoms with Crippen LogP contribution in [-0.2, 0) is 11.3 Å². The van der Waals surface area contributed by atoms with Crippen molar-refractivity contribution >= 4 is 11.9 Å². The zero-order valence-electron chi connectivity index (χ0n) is 11.4. The Morgan fingerprint density at radius 3 is 2.68 bits per heavy atom. The standard InChI is InChI=1S/C14H20N2O3/c1-10(2)8-16(11-5-6-11)13(17)9-15-7-3-4-12(15)14(18)19/h3-4,7,10-11H,5-6,8-9H2,1-2H3,(H,18,19). The van der Waals surface area contributed by atoms with Crippen molar-refractivity contribution in [1.82, 2.24) is 9.47 Å². The molecule has 1 aromatic heterocycles. The van der Waals surface area contributed by atoms with E-state index in [0.717, 1.165) is 19.4 Å². The molecule has 5 heteroatoms. The summed E-state index contributed by atoms with van der Waals surface area (Å²) in [5.74, 6) is -0.567. The Hall–Kier alpha value is -1.78. The highest BCUT2D eigenvalue weighted by atomic mass is 16.4. The first-order valence-electron chi connectivity index (χ1n) is 6.67. The van der Waals surface area contributed by atoms with Crippen LogP contribution in [-0.4, -0.2) is 39.0 Å². The Labute approximate surface area is 112 Å². The second-order valence-corrected chi connectivity index (χ2v) is 5.50. The molecule has 1 amide bonds. The van der Waals surface area contributed by atoms with E-state index in [4.69, 9.17) is 5.11 Å². The lowest BCUT2D eigenvalue weighted by atomic mass is 10.2. The molecule has 1 aliphatic carbocycles. The van der Waals surface area contributed by atoms with Crippen LogP contribution in [0.15, 0.2) is 18.3 Å².